The van der Waals surface area contributed by atoms with Gasteiger partial charge in [-0.1, -0.05) is 68.1 Å². The van der Waals surface area contributed by atoms with Gasteiger partial charge in [-0.05, 0) is 48.6 Å². The van der Waals surface area contributed by atoms with Gasteiger partial charge >= 0.3 is 14.5 Å². The summed E-state index contributed by atoms with van der Waals surface area (Å²) in [5.74, 6) is -0.0332. The third-order valence-electron chi connectivity index (χ3n) is 6.37. The number of rotatable bonds is 15. The van der Waals surface area contributed by atoms with Crippen molar-refractivity contribution < 1.29 is 18.1 Å². The van der Waals surface area contributed by atoms with Crippen molar-refractivity contribution in [3.63, 3.8) is 0 Å². The number of hydrogen-bond donors (Lipinski definition) is 0. The van der Waals surface area contributed by atoms with E-state index in [1.165, 1.54) is 0 Å². The zero-order valence-electron chi connectivity index (χ0n) is 22.1. The van der Waals surface area contributed by atoms with Crippen LogP contribution in [0.2, 0.25) is 48.9 Å². The molecule has 1 unspecified atom stereocenters. The molecule has 0 aromatic carbocycles. The lowest BCUT2D eigenvalue weighted by atomic mass is 10.4. The van der Waals surface area contributed by atoms with Crippen molar-refractivity contribution >= 4 is 31.1 Å². The van der Waals surface area contributed by atoms with Gasteiger partial charge in [0.25, 0.3) is 8.32 Å². The summed E-state index contributed by atoms with van der Waals surface area (Å²) in [4.78, 5) is 13.1. The SMILES string of the molecule is CCCO[Si](C)(CCCN(CC(=O)O[Si](C(C)C)(C(C)C)C(C)C)[Si](C)(C)C)OC. The van der Waals surface area contributed by atoms with Gasteiger partial charge in [0, 0.05) is 13.7 Å². The van der Waals surface area contributed by atoms with E-state index in [4.69, 9.17) is 13.3 Å². The Morgan fingerprint density at radius 3 is 1.80 bits per heavy atom. The molecule has 180 valence electrons. The number of hydrogen-bond acceptors (Lipinski definition) is 5. The Morgan fingerprint density at radius 1 is 0.933 bits per heavy atom. The lowest BCUT2D eigenvalue weighted by molar-refractivity contribution is -0.136. The van der Waals surface area contributed by atoms with E-state index in [-0.39, 0.29) is 5.97 Å². The highest BCUT2D eigenvalue weighted by atomic mass is 28.4. The van der Waals surface area contributed by atoms with Crippen LogP contribution in [0, 0.1) is 0 Å². The largest absolute Gasteiger partial charge is 0.517 e. The van der Waals surface area contributed by atoms with Crippen LogP contribution in [-0.4, -0.2) is 62.5 Å². The van der Waals surface area contributed by atoms with Crippen molar-refractivity contribution in [3.8, 4) is 0 Å². The highest BCUT2D eigenvalue weighted by molar-refractivity contribution is 6.79. The maximum atomic E-state index is 13.1. The second kappa shape index (κ2) is 12.9. The summed E-state index contributed by atoms with van der Waals surface area (Å²) in [6.45, 7) is 26.6. The fraction of sp³-hybridized carbons (Fsp3) is 0.955. The average molecular weight is 478 g/mol. The van der Waals surface area contributed by atoms with Gasteiger partial charge in [-0.15, -0.1) is 0 Å². The summed E-state index contributed by atoms with van der Waals surface area (Å²) >= 11 is 0. The molecule has 0 bridgehead atoms. The maximum absolute atomic E-state index is 13.1. The summed E-state index contributed by atoms with van der Waals surface area (Å²) < 4.78 is 20.6. The topological polar surface area (TPSA) is 48.0 Å². The summed E-state index contributed by atoms with van der Waals surface area (Å²) in [6, 6.07) is 0.947. The zero-order valence-corrected chi connectivity index (χ0v) is 25.1. The Morgan fingerprint density at radius 2 is 1.43 bits per heavy atom. The van der Waals surface area contributed by atoms with Gasteiger partial charge in [0.05, 0.1) is 6.54 Å². The Balaban J connectivity index is 5.21. The summed E-state index contributed by atoms with van der Waals surface area (Å²) in [6.07, 6.45) is 1.99. The fourth-order valence-corrected chi connectivity index (χ4v) is 13.0. The van der Waals surface area contributed by atoms with Gasteiger partial charge in [0.15, 0.2) is 0 Å². The second-order valence-electron chi connectivity index (χ2n) is 10.7. The highest BCUT2D eigenvalue weighted by Gasteiger charge is 2.48. The van der Waals surface area contributed by atoms with Crippen molar-refractivity contribution in [3.05, 3.63) is 0 Å². The fourth-order valence-electron chi connectivity index (χ4n) is 4.53. The molecule has 8 heteroatoms. The molecule has 0 fully saturated rings. The minimum absolute atomic E-state index is 0.0332. The Labute approximate surface area is 190 Å². The molecule has 0 heterocycles. The van der Waals surface area contributed by atoms with E-state index in [2.05, 4.69) is 79.2 Å². The third-order valence-corrected chi connectivity index (χ3v) is 17.6. The molecular formula is C22H51NO4Si3. The Bertz CT molecular complexity index is 487. The Kier molecular flexibility index (Phi) is 12.9. The van der Waals surface area contributed by atoms with Crippen LogP contribution in [-0.2, 0) is 18.1 Å². The zero-order chi connectivity index (χ0) is 23.8. The second-order valence-corrected chi connectivity index (χ2v) is 24.5. The number of carbonyl (C=O) groups excluding carboxylic acids is 1. The van der Waals surface area contributed by atoms with E-state index < -0.39 is 25.1 Å². The molecule has 0 aromatic heterocycles. The van der Waals surface area contributed by atoms with Crippen LogP contribution in [0.5, 0.6) is 0 Å². The molecule has 0 aliphatic rings. The third kappa shape index (κ3) is 8.86. The molecule has 1 atom stereocenters. The van der Waals surface area contributed by atoms with Crippen molar-refractivity contribution in [1.29, 1.82) is 0 Å². The van der Waals surface area contributed by atoms with Crippen LogP contribution in [0.25, 0.3) is 0 Å². The molecule has 0 aliphatic carbocycles. The normalized spacial score (nSPS) is 15.3. The summed E-state index contributed by atoms with van der Waals surface area (Å²) in [5, 5.41) is 0. The van der Waals surface area contributed by atoms with Crippen molar-refractivity contribution in [2.24, 2.45) is 0 Å². The summed E-state index contributed by atoms with van der Waals surface area (Å²) in [7, 11) is -4.20. The van der Waals surface area contributed by atoms with Crippen LogP contribution >= 0.6 is 0 Å². The van der Waals surface area contributed by atoms with E-state index in [1.54, 1.807) is 7.11 Å². The molecule has 30 heavy (non-hydrogen) atoms. The lowest BCUT2D eigenvalue weighted by Gasteiger charge is -2.42. The van der Waals surface area contributed by atoms with Crippen molar-refractivity contribution in [1.82, 2.24) is 4.57 Å². The van der Waals surface area contributed by atoms with Crippen LogP contribution in [0.3, 0.4) is 0 Å². The summed E-state index contributed by atoms with van der Waals surface area (Å²) in [5.41, 5.74) is 1.22. The monoisotopic (exact) mass is 477 g/mol. The van der Waals surface area contributed by atoms with E-state index in [0.717, 1.165) is 32.0 Å². The first-order valence-electron chi connectivity index (χ1n) is 11.8. The van der Waals surface area contributed by atoms with E-state index in [1.807, 2.05) is 0 Å². The van der Waals surface area contributed by atoms with Gasteiger partial charge in [0.2, 0.25) is 0 Å². The first-order valence-corrected chi connectivity index (χ1v) is 19.9. The Hall–Kier alpha value is 0.000649. The van der Waals surface area contributed by atoms with E-state index in [0.29, 0.717) is 23.2 Å². The average Bonchev–Trinajstić information content (AvgIpc) is 2.61. The minimum atomic E-state index is -2.19. The van der Waals surface area contributed by atoms with E-state index in [9.17, 15) is 4.79 Å². The minimum Gasteiger partial charge on any atom is -0.517 e. The number of carbonyl (C=O) groups is 1. The van der Waals surface area contributed by atoms with E-state index >= 15 is 0 Å². The first-order chi connectivity index (χ1) is 13.7. The van der Waals surface area contributed by atoms with Gasteiger partial charge in [-0.25, -0.2) is 0 Å². The van der Waals surface area contributed by atoms with Crippen LogP contribution in [0.1, 0.15) is 61.3 Å². The first kappa shape index (κ1) is 30.0. The molecular weight excluding hydrogens is 427 g/mol. The molecule has 0 saturated carbocycles. The van der Waals surface area contributed by atoms with Gasteiger partial charge in [-0.3, -0.25) is 4.79 Å². The molecule has 0 amide bonds. The van der Waals surface area contributed by atoms with Gasteiger partial charge < -0.3 is 17.8 Å². The van der Waals surface area contributed by atoms with Gasteiger partial charge in [0.1, 0.15) is 8.24 Å². The molecule has 0 rings (SSSR count). The van der Waals surface area contributed by atoms with Crippen LogP contribution < -0.4 is 0 Å². The smallest absolute Gasteiger partial charge is 0.334 e. The molecule has 0 spiro atoms. The number of nitrogens with zero attached hydrogens (tertiary/aromatic N) is 1. The molecule has 5 nitrogen and oxygen atoms in total. The standard InChI is InChI=1S/C22H51NO4Si3/c1-13-16-26-29(12,25-8)17-14-15-23(28(9,10)11)18-22(24)27-30(19(2)3,20(4)5)21(6)7/h19-21H,13-18H2,1-12H3. The van der Waals surface area contributed by atoms with Crippen molar-refractivity contribution in [2.45, 2.75) is 110 Å². The molecule has 0 N–H and O–H groups in total. The maximum Gasteiger partial charge on any atom is 0.334 e. The predicted octanol–water partition coefficient (Wildman–Crippen LogP) is 6.38. The van der Waals surface area contributed by atoms with Crippen LogP contribution in [0.4, 0.5) is 0 Å². The molecule has 0 saturated heterocycles. The van der Waals surface area contributed by atoms with Crippen molar-refractivity contribution in [2.75, 3.05) is 26.8 Å². The highest BCUT2D eigenvalue weighted by Crippen LogP contribution is 2.42. The lowest BCUT2D eigenvalue weighted by Crippen LogP contribution is -2.54. The molecule has 0 aliphatic heterocycles. The molecule has 0 aromatic rings. The predicted molar refractivity (Wildman–Crippen MR) is 136 cm³/mol. The quantitative estimate of drug-likeness (QED) is 0.256. The van der Waals surface area contributed by atoms with Crippen LogP contribution in [0.15, 0.2) is 0 Å². The molecule has 0 radical (unpaired) electrons. The van der Waals surface area contributed by atoms with Gasteiger partial charge in [-0.2, -0.15) is 0 Å².